The first-order valence-electron chi connectivity index (χ1n) is 14.1. The summed E-state index contributed by atoms with van der Waals surface area (Å²) in [5, 5.41) is 3.30. The molecule has 1 saturated carbocycles. The Morgan fingerprint density at radius 1 is 1.17 bits per heavy atom. The average molecular weight is 595 g/mol. The molecule has 232 valence electrons. The first kappa shape index (κ1) is 33.2. The van der Waals surface area contributed by atoms with Gasteiger partial charge in [-0.1, -0.05) is 27.2 Å². The number of hydrogen-bond acceptors (Lipinski definition) is 6. The Balaban J connectivity index is 1.88. The molecule has 2 aromatic carbocycles. The Kier molecular flexibility index (Phi) is 10.5. The summed E-state index contributed by atoms with van der Waals surface area (Å²) in [5.41, 5.74) is 6.60. The zero-order valence-electron chi connectivity index (χ0n) is 25.4. The van der Waals surface area contributed by atoms with Crippen molar-refractivity contribution in [2.75, 3.05) is 33.1 Å². The third-order valence-corrected chi connectivity index (χ3v) is 7.38. The standard InChI is InChI=1S/C31H42F4N4O3/c1-8-10-29(4,5)31(34,35)21-13-20(14-22(36)15-21)19(3)39-28(37-6)23-16-26(25(40-7)17-24(23)38-9-2)41-11-12-42-27-18-30(27,32)33/h9,13-17,19,27H,8,10-12,18,36H2,1-7H3,(H,37,39)/t19-,27?/m1/s1. The van der Waals surface area contributed by atoms with Crippen LogP contribution >= 0.6 is 0 Å². The van der Waals surface area contributed by atoms with Crippen LogP contribution in [0.1, 0.15) is 76.6 Å². The highest BCUT2D eigenvalue weighted by atomic mass is 19.3. The quantitative estimate of drug-likeness (QED) is 0.0780. The SMILES string of the molecule is CC=Nc1cc(OC)c(OCCOC2CC2(F)F)cc1C(=NC)N[C@H](C)c1cc(N)cc(C(F)(F)C(C)(C)CCC)c1. The number of anilines is 1. The molecule has 2 aromatic rings. The molecule has 0 aromatic heterocycles. The zero-order valence-corrected chi connectivity index (χ0v) is 25.4. The van der Waals surface area contributed by atoms with Crippen LogP contribution in [-0.2, 0) is 10.7 Å². The molecule has 3 rings (SSSR count). The van der Waals surface area contributed by atoms with Crippen LogP contribution in [0.25, 0.3) is 0 Å². The first-order chi connectivity index (χ1) is 19.7. The number of amidine groups is 1. The van der Waals surface area contributed by atoms with Gasteiger partial charge in [-0.15, -0.1) is 0 Å². The maximum Gasteiger partial charge on any atom is 0.278 e. The van der Waals surface area contributed by atoms with Crippen molar-refractivity contribution in [2.24, 2.45) is 15.4 Å². The van der Waals surface area contributed by atoms with E-state index in [4.69, 9.17) is 19.9 Å². The predicted octanol–water partition coefficient (Wildman–Crippen LogP) is 7.45. The Morgan fingerprint density at radius 2 is 1.86 bits per heavy atom. The summed E-state index contributed by atoms with van der Waals surface area (Å²) >= 11 is 0. The largest absolute Gasteiger partial charge is 0.493 e. The van der Waals surface area contributed by atoms with Crippen LogP contribution in [0.3, 0.4) is 0 Å². The van der Waals surface area contributed by atoms with Gasteiger partial charge in [0.1, 0.15) is 18.5 Å². The number of hydrogen-bond donors (Lipinski definition) is 2. The van der Waals surface area contributed by atoms with Crippen molar-refractivity contribution in [3.8, 4) is 11.5 Å². The molecule has 1 fully saturated rings. The molecule has 1 unspecified atom stereocenters. The van der Waals surface area contributed by atoms with Crippen molar-refractivity contribution in [1.82, 2.24) is 5.32 Å². The van der Waals surface area contributed by atoms with Crippen LogP contribution in [0, 0.1) is 5.41 Å². The fourth-order valence-corrected chi connectivity index (χ4v) is 4.80. The van der Waals surface area contributed by atoms with Gasteiger partial charge in [0.2, 0.25) is 0 Å². The molecule has 2 atom stereocenters. The molecule has 11 heteroatoms. The highest BCUT2D eigenvalue weighted by Gasteiger charge is 2.58. The molecule has 0 amide bonds. The van der Waals surface area contributed by atoms with E-state index in [2.05, 4.69) is 15.3 Å². The topological polar surface area (TPSA) is 90.5 Å². The Morgan fingerprint density at radius 3 is 2.43 bits per heavy atom. The van der Waals surface area contributed by atoms with Gasteiger partial charge in [0.05, 0.1) is 25.4 Å². The van der Waals surface area contributed by atoms with E-state index in [9.17, 15) is 8.78 Å². The van der Waals surface area contributed by atoms with Gasteiger partial charge in [0.15, 0.2) is 11.5 Å². The van der Waals surface area contributed by atoms with Crippen LogP contribution in [0.4, 0.5) is 28.9 Å². The van der Waals surface area contributed by atoms with E-state index in [0.29, 0.717) is 47.0 Å². The molecule has 3 N–H and O–H groups in total. The number of alkyl halides is 4. The molecule has 42 heavy (non-hydrogen) atoms. The van der Waals surface area contributed by atoms with Gasteiger partial charge >= 0.3 is 0 Å². The normalized spacial score (nSPS) is 17.8. The van der Waals surface area contributed by atoms with Crippen LogP contribution in [0.5, 0.6) is 11.5 Å². The van der Waals surface area contributed by atoms with Crippen molar-refractivity contribution < 1.29 is 31.8 Å². The number of aliphatic imine (C=N–C) groups is 2. The molecule has 7 nitrogen and oxygen atoms in total. The maximum absolute atomic E-state index is 15.6. The molecule has 0 saturated heterocycles. The molecular formula is C31H42F4N4O3. The van der Waals surface area contributed by atoms with Crippen LogP contribution in [0.15, 0.2) is 40.3 Å². The molecular weight excluding hydrogens is 552 g/mol. The molecule has 1 aliphatic rings. The summed E-state index contributed by atoms with van der Waals surface area (Å²) in [6.07, 6.45) is 1.24. The third kappa shape index (κ3) is 7.53. The summed E-state index contributed by atoms with van der Waals surface area (Å²) < 4.78 is 73.9. The van der Waals surface area contributed by atoms with Gasteiger partial charge in [0.25, 0.3) is 11.8 Å². The van der Waals surface area contributed by atoms with Crippen molar-refractivity contribution in [3.05, 3.63) is 47.0 Å². The number of ether oxygens (including phenoxy) is 3. The van der Waals surface area contributed by atoms with Gasteiger partial charge in [-0.25, -0.2) is 17.6 Å². The van der Waals surface area contributed by atoms with Crippen molar-refractivity contribution >= 4 is 23.4 Å². The highest BCUT2D eigenvalue weighted by molar-refractivity contribution is 6.04. The van der Waals surface area contributed by atoms with Crippen molar-refractivity contribution in [1.29, 1.82) is 0 Å². The van der Waals surface area contributed by atoms with E-state index in [1.807, 2.05) is 13.8 Å². The van der Waals surface area contributed by atoms with Gasteiger partial charge in [-0.2, -0.15) is 0 Å². The van der Waals surface area contributed by atoms with Crippen LogP contribution in [-0.4, -0.2) is 51.4 Å². The third-order valence-electron chi connectivity index (χ3n) is 7.38. The maximum atomic E-state index is 15.6. The Bertz CT molecular complexity index is 1300. The van der Waals surface area contributed by atoms with E-state index in [1.165, 1.54) is 19.2 Å². The minimum absolute atomic E-state index is 0.0188. The second kappa shape index (κ2) is 13.3. The van der Waals surface area contributed by atoms with E-state index in [1.54, 1.807) is 52.2 Å². The van der Waals surface area contributed by atoms with E-state index < -0.39 is 29.4 Å². The predicted molar refractivity (Wildman–Crippen MR) is 159 cm³/mol. The fourth-order valence-electron chi connectivity index (χ4n) is 4.80. The average Bonchev–Trinajstić information content (AvgIpc) is 3.55. The Hall–Kier alpha value is -3.34. The number of nitrogens with zero attached hydrogens (tertiary/aromatic N) is 2. The minimum Gasteiger partial charge on any atom is -0.493 e. The first-order valence-corrected chi connectivity index (χ1v) is 14.1. The molecule has 0 bridgehead atoms. The van der Waals surface area contributed by atoms with Gasteiger partial charge in [0, 0.05) is 48.0 Å². The lowest BCUT2D eigenvalue weighted by molar-refractivity contribution is -0.117. The number of nitrogens with one attached hydrogen (secondary N) is 1. The summed E-state index contributed by atoms with van der Waals surface area (Å²) in [5.74, 6) is -4.72. The fraction of sp³-hybridized carbons (Fsp3) is 0.548. The molecule has 0 heterocycles. The lowest BCUT2D eigenvalue weighted by Gasteiger charge is -2.35. The number of halogens is 4. The number of methoxy groups -OCH3 is 1. The summed E-state index contributed by atoms with van der Waals surface area (Å²) in [6, 6.07) is 7.37. The molecule has 0 aliphatic heterocycles. The lowest BCUT2D eigenvalue weighted by atomic mass is 9.77. The highest BCUT2D eigenvalue weighted by Crippen LogP contribution is 2.48. The van der Waals surface area contributed by atoms with Crippen LogP contribution < -0.4 is 20.5 Å². The summed E-state index contributed by atoms with van der Waals surface area (Å²) in [7, 11) is 3.07. The number of benzene rings is 2. The number of rotatable bonds is 14. The van der Waals surface area contributed by atoms with E-state index in [-0.39, 0.29) is 30.9 Å². The van der Waals surface area contributed by atoms with Gasteiger partial charge < -0.3 is 25.3 Å². The zero-order chi connectivity index (χ0) is 31.3. The lowest BCUT2D eigenvalue weighted by Crippen LogP contribution is -2.34. The molecule has 0 radical (unpaired) electrons. The molecule has 0 spiro atoms. The van der Waals surface area contributed by atoms with Crippen molar-refractivity contribution in [3.63, 3.8) is 0 Å². The van der Waals surface area contributed by atoms with E-state index >= 15 is 8.78 Å². The van der Waals surface area contributed by atoms with Gasteiger partial charge in [-0.3, -0.25) is 9.98 Å². The minimum atomic E-state index is -3.10. The smallest absolute Gasteiger partial charge is 0.278 e. The van der Waals surface area contributed by atoms with Crippen molar-refractivity contribution in [2.45, 2.75) is 77.9 Å². The summed E-state index contributed by atoms with van der Waals surface area (Å²) in [4.78, 5) is 8.86. The second-order valence-electron chi connectivity index (χ2n) is 11.1. The van der Waals surface area contributed by atoms with E-state index in [0.717, 1.165) is 0 Å². The van der Waals surface area contributed by atoms with Gasteiger partial charge in [-0.05, 0) is 50.1 Å². The monoisotopic (exact) mass is 594 g/mol. The Labute approximate surface area is 245 Å². The number of nitrogens with two attached hydrogens (primary N) is 1. The molecule has 1 aliphatic carbocycles. The number of nitrogen functional groups attached to an aromatic ring is 1. The summed E-state index contributed by atoms with van der Waals surface area (Å²) in [6.45, 7) is 8.61. The van der Waals surface area contributed by atoms with Crippen LogP contribution in [0.2, 0.25) is 0 Å². The second-order valence-corrected chi connectivity index (χ2v) is 11.1.